The molecule has 0 saturated heterocycles. The van der Waals surface area contributed by atoms with Crippen molar-refractivity contribution in [2.75, 3.05) is 0 Å². The molecule has 162 valence electrons. The molecule has 0 aliphatic rings. The number of unbranched alkanes of at least 4 members (excludes halogenated alkanes) is 3. The molecule has 30 heavy (non-hydrogen) atoms. The van der Waals surface area contributed by atoms with Crippen LogP contribution in [0.4, 0.5) is 0 Å². The lowest BCUT2D eigenvalue weighted by Gasteiger charge is -2.38. The van der Waals surface area contributed by atoms with E-state index in [1.165, 1.54) is 0 Å². The van der Waals surface area contributed by atoms with Gasteiger partial charge in [0.05, 0.1) is 0 Å². The van der Waals surface area contributed by atoms with E-state index in [0.29, 0.717) is 17.5 Å². The molecule has 5 nitrogen and oxygen atoms in total. The zero-order valence-electron chi connectivity index (χ0n) is 17.9. The van der Waals surface area contributed by atoms with Crippen LogP contribution in [0.1, 0.15) is 68.3 Å². The molecule has 0 amide bonds. The van der Waals surface area contributed by atoms with Crippen molar-refractivity contribution in [3.8, 4) is 0 Å². The second-order valence-electron chi connectivity index (χ2n) is 7.62. The van der Waals surface area contributed by atoms with Crippen molar-refractivity contribution in [2.24, 2.45) is 5.73 Å². The number of carbonyl (C=O) groups is 2. The van der Waals surface area contributed by atoms with E-state index in [1.807, 2.05) is 12.1 Å². The van der Waals surface area contributed by atoms with Crippen LogP contribution in [0.25, 0.3) is 0 Å². The van der Waals surface area contributed by atoms with E-state index in [4.69, 9.17) is 10.5 Å². The number of ether oxygens (including phenoxy) is 1. The Hall–Kier alpha value is -2.50. The fourth-order valence-electron chi connectivity index (χ4n) is 3.59. The van der Waals surface area contributed by atoms with E-state index in [9.17, 15) is 14.7 Å². The molecule has 2 rings (SSSR count). The molecule has 0 saturated carbocycles. The smallest absolute Gasteiger partial charge is 0.306 e. The van der Waals surface area contributed by atoms with Gasteiger partial charge in [-0.1, -0.05) is 93.8 Å². The molecule has 3 unspecified atom stereocenters. The Bertz CT molecular complexity index is 793. The molecule has 0 aromatic heterocycles. The van der Waals surface area contributed by atoms with E-state index >= 15 is 0 Å². The van der Waals surface area contributed by atoms with Crippen molar-refractivity contribution in [1.82, 2.24) is 0 Å². The van der Waals surface area contributed by atoms with Gasteiger partial charge in [-0.3, -0.25) is 9.59 Å². The largest absolute Gasteiger partial charge is 0.457 e. The quantitative estimate of drug-likeness (QED) is 0.307. The van der Waals surface area contributed by atoms with Gasteiger partial charge >= 0.3 is 5.97 Å². The van der Waals surface area contributed by atoms with Gasteiger partial charge in [-0.05, 0) is 18.4 Å². The van der Waals surface area contributed by atoms with E-state index < -0.39 is 23.7 Å². The first-order chi connectivity index (χ1) is 14.4. The Labute approximate surface area is 179 Å². The highest BCUT2D eigenvalue weighted by Crippen LogP contribution is 2.33. The maximum Gasteiger partial charge on any atom is 0.306 e. The van der Waals surface area contributed by atoms with Crippen molar-refractivity contribution in [3.63, 3.8) is 0 Å². The first kappa shape index (κ1) is 23.8. The minimum atomic E-state index is -1.58. The normalized spacial score (nSPS) is 15.1. The number of esters is 1. The summed E-state index contributed by atoms with van der Waals surface area (Å²) >= 11 is 0. The highest BCUT2D eigenvalue weighted by atomic mass is 16.6. The van der Waals surface area contributed by atoms with E-state index in [-0.39, 0.29) is 18.6 Å². The van der Waals surface area contributed by atoms with Crippen molar-refractivity contribution in [1.29, 1.82) is 0 Å². The number of hydrogen-bond acceptors (Lipinski definition) is 5. The molecule has 0 bridgehead atoms. The summed E-state index contributed by atoms with van der Waals surface area (Å²) in [6, 6.07) is 16.4. The lowest BCUT2D eigenvalue weighted by molar-refractivity contribution is -0.169. The third-order valence-electron chi connectivity index (χ3n) is 5.46. The van der Waals surface area contributed by atoms with Crippen LogP contribution in [0.2, 0.25) is 0 Å². The van der Waals surface area contributed by atoms with Crippen LogP contribution in [0.15, 0.2) is 60.7 Å². The second-order valence-corrected chi connectivity index (χ2v) is 7.62. The summed E-state index contributed by atoms with van der Waals surface area (Å²) < 4.78 is 5.71. The first-order valence-electron chi connectivity index (χ1n) is 10.8. The summed E-state index contributed by atoms with van der Waals surface area (Å²) in [5, 5.41) is 11.6. The standard InChI is InChI=1S/C25H33NO4/c1-3-5-6-13-18-21(27)30-24(22(26)23(28)19-14-9-7-10-15-19)25(29,4-2)20-16-11-8-12-17-20/h7-12,14-17,22,24,29H,3-6,13,18,26H2,1-2H3. The summed E-state index contributed by atoms with van der Waals surface area (Å²) in [5.41, 5.74) is 5.73. The van der Waals surface area contributed by atoms with Gasteiger partial charge in [0.1, 0.15) is 11.6 Å². The Morgan fingerprint density at radius 1 is 0.967 bits per heavy atom. The molecule has 2 aromatic rings. The molecule has 0 spiro atoms. The molecular weight excluding hydrogens is 378 g/mol. The van der Waals surface area contributed by atoms with Crippen molar-refractivity contribution >= 4 is 11.8 Å². The highest BCUT2D eigenvalue weighted by Gasteiger charge is 2.45. The van der Waals surface area contributed by atoms with Gasteiger partial charge in [0.2, 0.25) is 0 Å². The van der Waals surface area contributed by atoms with Gasteiger partial charge in [0.25, 0.3) is 0 Å². The van der Waals surface area contributed by atoms with Crippen LogP contribution >= 0.6 is 0 Å². The molecule has 0 radical (unpaired) electrons. The lowest BCUT2D eigenvalue weighted by Crippen LogP contribution is -2.55. The second kappa shape index (κ2) is 11.6. The summed E-state index contributed by atoms with van der Waals surface area (Å²) in [7, 11) is 0. The van der Waals surface area contributed by atoms with Crippen LogP contribution in [-0.4, -0.2) is 29.0 Å². The number of aliphatic hydroxyl groups is 1. The minimum Gasteiger partial charge on any atom is -0.457 e. The summed E-state index contributed by atoms with van der Waals surface area (Å²) in [5.74, 6) is -0.822. The molecule has 3 atom stereocenters. The van der Waals surface area contributed by atoms with Gasteiger partial charge in [0, 0.05) is 12.0 Å². The van der Waals surface area contributed by atoms with Crippen LogP contribution < -0.4 is 5.73 Å². The topological polar surface area (TPSA) is 89.6 Å². The summed E-state index contributed by atoms with van der Waals surface area (Å²) in [6.07, 6.45) is 3.02. The van der Waals surface area contributed by atoms with E-state index in [0.717, 1.165) is 19.3 Å². The average molecular weight is 412 g/mol. The number of rotatable bonds is 12. The monoisotopic (exact) mass is 411 g/mol. The van der Waals surface area contributed by atoms with E-state index in [1.54, 1.807) is 55.5 Å². The van der Waals surface area contributed by atoms with Crippen LogP contribution in [0.5, 0.6) is 0 Å². The fraction of sp³-hybridized carbons (Fsp3) is 0.440. The van der Waals surface area contributed by atoms with Gasteiger partial charge in [-0.15, -0.1) is 0 Å². The summed E-state index contributed by atoms with van der Waals surface area (Å²) in [6.45, 7) is 3.89. The van der Waals surface area contributed by atoms with Crippen molar-refractivity contribution < 1.29 is 19.4 Å². The van der Waals surface area contributed by atoms with Gasteiger partial charge in [-0.25, -0.2) is 0 Å². The SMILES string of the molecule is CCCCCCC(=O)OC(C(N)C(=O)c1ccccc1)C(O)(CC)c1ccccc1. The molecule has 5 heteroatoms. The zero-order chi connectivity index (χ0) is 22.0. The van der Waals surface area contributed by atoms with Crippen molar-refractivity contribution in [3.05, 3.63) is 71.8 Å². The summed E-state index contributed by atoms with van der Waals surface area (Å²) in [4.78, 5) is 25.6. The van der Waals surface area contributed by atoms with Gasteiger partial charge in [0.15, 0.2) is 11.9 Å². The maximum absolute atomic E-state index is 13.0. The van der Waals surface area contributed by atoms with E-state index in [2.05, 4.69) is 6.92 Å². The molecule has 2 aromatic carbocycles. The fourth-order valence-corrected chi connectivity index (χ4v) is 3.59. The molecular formula is C25H33NO4. The number of benzene rings is 2. The lowest BCUT2D eigenvalue weighted by atomic mass is 9.80. The predicted molar refractivity (Wildman–Crippen MR) is 118 cm³/mol. The Morgan fingerprint density at radius 2 is 1.57 bits per heavy atom. The first-order valence-corrected chi connectivity index (χ1v) is 10.8. The van der Waals surface area contributed by atoms with Crippen LogP contribution in [0, 0.1) is 0 Å². The Balaban J connectivity index is 2.31. The predicted octanol–water partition coefficient (Wildman–Crippen LogP) is 4.38. The van der Waals surface area contributed by atoms with Gasteiger partial charge < -0.3 is 15.6 Å². The molecule has 0 aliphatic carbocycles. The molecule has 0 heterocycles. The average Bonchev–Trinajstić information content (AvgIpc) is 2.80. The van der Waals surface area contributed by atoms with Gasteiger partial charge in [-0.2, -0.15) is 0 Å². The molecule has 0 fully saturated rings. The molecule has 3 N–H and O–H groups in total. The zero-order valence-corrected chi connectivity index (χ0v) is 17.9. The van der Waals surface area contributed by atoms with Crippen molar-refractivity contribution in [2.45, 2.75) is 70.1 Å². The minimum absolute atomic E-state index is 0.233. The third-order valence-corrected chi connectivity index (χ3v) is 5.46. The highest BCUT2D eigenvalue weighted by molar-refractivity contribution is 6.00. The number of ketones is 1. The third kappa shape index (κ3) is 6.00. The van der Waals surface area contributed by atoms with Crippen LogP contribution in [0.3, 0.4) is 0 Å². The molecule has 0 aliphatic heterocycles. The van der Waals surface area contributed by atoms with Crippen LogP contribution in [-0.2, 0) is 15.1 Å². The number of Topliss-reactive ketones (excluding diaryl/α,β-unsaturated/α-hetero) is 1. The maximum atomic E-state index is 13.0. The Morgan fingerprint density at radius 3 is 2.13 bits per heavy atom. The number of hydrogen-bond donors (Lipinski definition) is 2. The number of nitrogens with two attached hydrogens (primary N) is 1. The number of carbonyl (C=O) groups excluding carboxylic acids is 2. The Kier molecular flexibility index (Phi) is 9.21.